The van der Waals surface area contributed by atoms with Gasteiger partial charge in [-0.25, -0.2) is 15.0 Å². The number of aromatic nitrogens is 3. The van der Waals surface area contributed by atoms with Crippen molar-refractivity contribution in [1.82, 2.24) is 15.0 Å². The number of nitrogens with zero attached hydrogens (tertiary/aromatic N) is 3. The van der Waals surface area contributed by atoms with Crippen molar-refractivity contribution < 1.29 is 0 Å². The smallest absolute Gasteiger partial charge is 0.164 e. The van der Waals surface area contributed by atoms with E-state index in [1.165, 1.54) is 49.4 Å². The molecule has 0 amide bonds. The maximum atomic E-state index is 5.24. The summed E-state index contributed by atoms with van der Waals surface area (Å²) in [4.78, 5) is 15.5. The van der Waals surface area contributed by atoms with Crippen molar-refractivity contribution in [3.63, 3.8) is 0 Å². The monoisotopic (exact) mass is 687 g/mol. The first kappa shape index (κ1) is 31.5. The first-order valence-corrected chi connectivity index (χ1v) is 18.3. The predicted molar refractivity (Wildman–Crippen MR) is 225 cm³/mol. The third-order valence-electron chi connectivity index (χ3n) is 10.3. The summed E-state index contributed by atoms with van der Waals surface area (Å²) in [5.41, 5.74) is 9.87. The minimum Gasteiger partial charge on any atom is -0.208 e. The summed E-state index contributed by atoms with van der Waals surface area (Å²) >= 11 is 0. The Morgan fingerprint density at radius 1 is 0.222 bits per heavy atom. The van der Waals surface area contributed by atoms with Crippen molar-refractivity contribution in [2.45, 2.75) is 0 Å². The molecule has 10 rings (SSSR count). The van der Waals surface area contributed by atoms with Crippen LogP contribution >= 0.6 is 0 Å². The lowest BCUT2D eigenvalue weighted by atomic mass is 9.92. The lowest BCUT2D eigenvalue weighted by Crippen LogP contribution is -2.01. The first-order valence-electron chi connectivity index (χ1n) is 18.3. The fourth-order valence-electron chi connectivity index (χ4n) is 7.71. The van der Waals surface area contributed by atoms with Crippen molar-refractivity contribution in [3.8, 4) is 67.5 Å². The molecule has 0 radical (unpaired) electrons. The maximum Gasteiger partial charge on any atom is 0.164 e. The lowest BCUT2D eigenvalue weighted by Gasteiger charge is -2.14. The molecule has 1 heterocycles. The Kier molecular flexibility index (Phi) is 7.81. The van der Waals surface area contributed by atoms with Crippen LogP contribution in [0.4, 0.5) is 0 Å². The van der Waals surface area contributed by atoms with Crippen LogP contribution in [0, 0.1) is 0 Å². The van der Waals surface area contributed by atoms with Gasteiger partial charge in [0, 0.05) is 16.7 Å². The van der Waals surface area contributed by atoms with Crippen LogP contribution in [0.1, 0.15) is 0 Å². The molecule has 0 N–H and O–H groups in total. The molecular weight excluding hydrogens is 655 g/mol. The largest absolute Gasteiger partial charge is 0.208 e. The van der Waals surface area contributed by atoms with E-state index in [0.29, 0.717) is 17.5 Å². The van der Waals surface area contributed by atoms with Crippen molar-refractivity contribution in [3.05, 3.63) is 200 Å². The summed E-state index contributed by atoms with van der Waals surface area (Å²) in [6.45, 7) is 0. The van der Waals surface area contributed by atoms with Crippen molar-refractivity contribution in [1.29, 1.82) is 0 Å². The summed E-state index contributed by atoms with van der Waals surface area (Å²) in [7, 11) is 0. The summed E-state index contributed by atoms with van der Waals surface area (Å²) in [6.07, 6.45) is 0. The number of hydrogen-bond acceptors (Lipinski definition) is 3. The molecular formula is C51H33N3. The van der Waals surface area contributed by atoms with E-state index in [4.69, 9.17) is 15.0 Å². The van der Waals surface area contributed by atoms with Gasteiger partial charge in [-0.05, 0) is 83.9 Å². The van der Waals surface area contributed by atoms with Gasteiger partial charge in [0.05, 0.1) is 0 Å². The Hall–Kier alpha value is -7.23. The van der Waals surface area contributed by atoms with E-state index < -0.39 is 0 Å². The standard InChI is InChI=1S/C51H33N3/c1-3-15-34(16-4-1)40-32-37-20-8-10-25-42(37)48(33-40)38-22-11-23-39(31-38)50-52-49(36-18-5-2-6-19-36)53-51(54-50)47-30-14-28-45-44(27-13-29-46(45)47)43-26-12-21-35-17-7-9-24-41(35)43/h1-33H. The van der Waals surface area contributed by atoms with Gasteiger partial charge in [0.1, 0.15) is 0 Å². The van der Waals surface area contributed by atoms with Crippen molar-refractivity contribution in [2.75, 3.05) is 0 Å². The van der Waals surface area contributed by atoms with Gasteiger partial charge in [0.15, 0.2) is 17.5 Å². The topological polar surface area (TPSA) is 38.7 Å². The van der Waals surface area contributed by atoms with Gasteiger partial charge in [-0.1, -0.05) is 182 Å². The van der Waals surface area contributed by atoms with Crippen LogP contribution in [0.15, 0.2) is 200 Å². The Bertz CT molecular complexity index is 2980. The molecule has 0 saturated carbocycles. The highest BCUT2D eigenvalue weighted by atomic mass is 15.0. The van der Waals surface area contributed by atoms with Crippen LogP contribution in [-0.2, 0) is 0 Å². The molecule has 0 fully saturated rings. The average molecular weight is 688 g/mol. The van der Waals surface area contributed by atoms with Crippen LogP contribution in [0.2, 0.25) is 0 Å². The molecule has 3 nitrogen and oxygen atoms in total. The second-order valence-corrected chi connectivity index (χ2v) is 13.6. The minimum atomic E-state index is 0.631. The van der Waals surface area contributed by atoms with Crippen LogP contribution in [0.5, 0.6) is 0 Å². The average Bonchev–Trinajstić information content (AvgIpc) is 3.26. The molecule has 0 bridgehead atoms. The van der Waals surface area contributed by atoms with Gasteiger partial charge in [-0.15, -0.1) is 0 Å². The van der Waals surface area contributed by atoms with Crippen LogP contribution in [0.25, 0.3) is 99.9 Å². The molecule has 0 aliphatic rings. The number of fused-ring (bicyclic) bond motifs is 3. The van der Waals surface area contributed by atoms with E-state index in [9.17, 15) is 0 Å². The predicted octanol–water partition coefficient (Wildman–Crippen LogP) is 13.3. The van der Waals surface area contributed by atoms with E-state index in [1.807, 2.05) is 18.2 Å². The SMILES string of the molecule is c1ccc(-c2cc(-c3cccc(-c4nc(-c5ccccc5)nc(-c5cccc6c(-c7cccc8ccccc78)cccc56)n4)c3)c3ccccc3c2)cc1. The highest BCUT2D eigenvalue weighted by Gasteiger charge is 2.17. The molecule has 0 saturated heterocycles. The highest BCUT2D eigenvalue weighted by Crippen LogP contribution is 2.39. The third-order valence-corrected chi connectivity index (χ3v) is 10.3. The molecule has 10 aromatic rings. The summed E-state index contributed by atoms with van der Waals surface area (Å²) in [5, 5.41) is 7.10. The highest BCUT2D eigenvalue weighted by molar-refractivity contribution is 6.09. The molecule has 252 valence electrons. The quantitative estimate of drug-likeness (QED) is 0.175. The van der Waals surface area contributed by atoms with Gasteiger partial charge < -0.3 is 0 Å². The molecule has 0 atom stereocenters. The van der Waals surface area contributed by atoms with E-state index in [1.54, 1.807) is 0 Å². The molecule has 3 heteroatoms. The molecule has 0 spiro atoms. The van der Waals surface area contributed by atoms with Gasteiger partial charge in [0.25, 0.3) is 0 Å². The maximum absolute atomic E-state index is 5.24. The van der Waals surface area contributed by atoms with E-state index in [0.717, 1.165) is 33.0 Å². The molecule has 9 aromatic carbocycles. The molecule has 1 aromatic heterocycles. The third kappa shape index (κ3) is 5.69. The molecule has 0 aliphatic carbocycles. The van der Waals surface area contributed by atoms with Gasteiger partial charge in [-0.3, -0.25) is 0 Å². The first-order chi connectivity index (χ1) is 26.8. The second kappa shape index (κ2) is 13.4. The second-order valence-electron chi connectivity index (χ2n) is 13.6. The fourth-order valence-corrected chi connectivity index (χ4v) is 7.71. The fraction of sp³-hybridized carbons (Fsp3) is 0. The Labute approximate surface area is 313 Å². The number of hydrogen-bond donors (Lipinski definition) is 0. The molecule has 54 heavy (non-hydrogen) atoms. The zero-order valence-corrected chi connectivity index (χ0v) is 29.4. The van der Waals surface area contributed by atoms with E-state index >= 15 is 0 Å². The summed E-state index contributed by atoms with van der Waals surface area (Å²) in [6, 6.07) is 70.6. The molecule has 0 unspecified atom stereocenters. The van der Waals surface area contributed by atoms with E-state index in [2.05, 4.69) is 182 Å². The van der Waals surface area contributed by atoms with Crippen LogP contribution in [-0.4, -0.2) is 15.0 Å². The van der Waals surface area contributed by atoms with Crippen LogP contribution < -0.4 is 0 Å². The normalized spacial score (nSPS) is 11.3. The lowest BCUT2D eigenvalue weighted by molar-refractivity contribution is 1.08. The Morgan fingerprint density at radius 3 is 1.44 bits per heavy atom. The van der Waals surface area contributed by atoms with Gasteiger partial charge >= 0.3 is 0 Å². The van der Waals surface area contributed by atoms with E-state index in [-0.39, 0.29) is 0 Å². The van der Waals surface area contributed by atoms with Crippen LogP contribution in [0.3, 0.4) is 0 Å². The molecule has 0 aliphatic heterocycles. The zero-order valence-electron chi connectivity index (χ0n) is 29.4. The summed E-state index contributed by atoms with van der Waals surface area (Å²) in [5.74, 6) is 1.91. The van der Waals surface area contributed by atoms with Gasteiger partial charge in [-0.2, -0.15) is 0 Å². The summed E-state index contributed by atoms with van der Waals surface area (Å²) < 4.78 is 0. The van der Waals surface area contributed by atoms with Gasteiger partial charge in [0.2, 0.25) is 0 Å². The van der Waals surface area contributed by atoms with Crippen molar-refractivity contribution >= 4 is 32.3 Å². The number of rotatable bonds is 6. The number of benzene rings is 9. The Morgan fingerprint density at radius 2 is 0.685 bits per heavy atom. The zero-order chi connectivity index (χ0) is 35.8. The Balaban J connectivity index is 1.15. The minimum absolute atomic E-state index is 0.631. The van der Waals surface area contributed by atoms with Crippen molar-refractivity contribution in [2.24, 2.45) is 0 Å².